The summed E-state index contributed by atoms with van der Waals surface area (Å²) in [6.07, 6.45) is 0.696. The molecule has 2 aromatic heterocycles. The van der Waals surface area contributed by atoms with Gasteiger partial charge in [-0.25, -0.2) is 0 Å². The molecule has 2 aromatic carbocycles. The van der Waals surface area contributed by atoms with Crippen LogP contribution in [0.5, 0.6) is 5.75 Å². The van der Waals surface area contributed by atoms with E-state index in [1.165, 1.54) is 0 Å². The standard InChI is InChI=1S/C23H23N5O4/c1-27-19-6-4-3-5-18(19)21(25-27)23(29)28-12-11-17(13-28)31-16-9-7-15(8-10-16)22-24-20(14-30-2)32-26-22/h3-10,17H,11-14H2,1-2H3/t17-/m0/s1. The highest BCUT2D eigenvalue weighted by Crippen LogP contribution is 2.25. The Morgan fingerprint density at radius 2 is 2.00 bits per heavy atom. The molecule has 164 valence electrons. The summed E-state index contributed by atoms with van der Waals surface area (Å²) in [6, 6.07) is 15.3. The first-order chi connectivity index (χ1) is 15.6. The Morgan fingerprint density at radius 3 is 2.81 bits per heavy atom. The van der Waals surface area contributed by atoms with Crippen LogP contribution in [-0.2, 0) is 18.4 Å². The zero-order valence-electron chi connectivity index (χ0n) is 17.9. The molecule has 9 heteroatoms. The highest BCUT2D eigenvalue weighted by atomic mass is 16.5. The van der Waals surface area contributed by atoms with Crippen molar-refractivity contribution >= 4 is 16.8 Å². The van der Waals surface area contributed by atoms with Crippen LogP contribution in [-0.4, -0.2) is 57.0 Å². The minimum Gasteiger partial charge on any atom is -0.489 e. The normalized spacial score (nSPS) is 16.1. The minimum absolute atomic E-state index is 0.0628. The van der Waals surface area contributed by atoms with Crippen molar-refractivity contribution < 1.29 is 18.8 Å². The summed E-state index contributed by atoms with van der Waals surface area (Å²) in [5.41, 5.74) is 2.26. The number of ether oxygens (including phenoxy) is 2. The number of carbonyl (C=O) groups excluding carboxylic acids is 1. The van der Waals surface area contributed by atoms with Gasteiger partial charge in [0.15, 0.2) is 5.69 Å². The minimum atomic E-state index is -0.0711. The van der Waals surface area contributed by atoms with E-state index in [0.717, 1.165) is 28.6 Å². The third-order valence-corrected chi connectivity index (χ3v) is 5.54. The third-order valence-electron chi connectivity index (χ3n) is 5.54. The summed E-state index contributed by atoms with van der Waals surface area (Å²) < 4.78 is 18.0. The summed E-state index contributed by atoms with van der Waals surface area (Å²) in [5, 5.41) is 9.28. The molecule has 32 heavy (non-hydrogen) atoms. The summed E-state index contributed by atoms with van der Waals surface area (Å²) in [5.74, 6) is 1.60. The number of likely N-dealkylation sites (tertiary alicyclic amines) is 1. The number of aromatic nitrogens is 4. The number of nitrogens with zero attached hydrogens (tertiary/aromatic N) is 5. The van der Waals surface area contributed by atoms with Crippen LogP contribution in [0.3, 0.4) is 0 Å². The molecule has 1 atom stereocenters. The zero-order chi connectivity index (χ0) is 22.1. The molecule has 5 rings (SSSR count). The van der Waals surface area contributed by atoms with Crippen LogP contribution in [0.15, 0.2) is 53.1 Å². The molecule has 0 bridgehead atoms. The highest BCUT2D eigenvalue weighted by molar-refractivity contribution is 6.04. The number of hydrogen-bond acceptors (Lipinski definition) is 7. The lowest BCUT2D eigenvalue weighted by atomic mass is 10.2. The number of benzene rings is 2. The van der Waals surface area contributed by atoms with Crippen molar-refractivity contribution in [2.24, 2.45) is 7.05 Å². The van der Waals surface area contributed by atoms with Gasteiger partial charge >= 0.3 is 0 Å². The van der Waals surface area contributed by atoms with E-state index in [1.54, 1.807) is 11.8 Å². The SMILES string of the molecule is COCc1nc(-c2ccc(O[C@H]3CCN(C(=O)c4nn(C)c5ccccc45)C3)cc2)no1. The molecular weight excluding hydrogens is 410 g/mol. The van der Waals surface area contributed by atoms with Crippen LogP contribution in [0.25, 0.3) is 22.3 Å². The molecule has 0 saturated carbocycles. The number of aryl methyl sites for hydroxylation is 1. The Labute approximate surface area is 184 Å². The van der Waals surface area contributed by atoms with Gasteiger partial charge < -0.3 is 18.9 Å². The van der Waals surface area contributed by atoms with Crippen molar-refractivity contribution in [3.63, 3.8) is 0 Å². The second kappa shape index (κ2) is 8.43. The molecule has 4 aromatic rings. The van der Waals surface area contributed by atoms with Crippen molar-refractivity contribution in [1.29, 1.82) is 0 Å². The molecule has 0 radical (unpaired) electrons. The molecule has 1 fully saturated rings. The van der Waals surface area contributed by atoms with Crippen LogP contribution in [0.4, 0.5) is 0 Å². The highest BCUT2D eigenvalue weighted by Gasteiger charge is 2.30. The molecule has 1 aliphatic rings. The molecule has 0 aliphatic carbocycles. The Hall–Kier alpha value is -3.72. The van der Waals surface area contributed by atoms with Crippen LogP contribution < -0.4 is 4.74 Å². The van der Waals surface area contributed by atoms with E-state index in [0.29, 0.717) is 30.5 Å². The van der Waals surface area contributed by atoms with Gasteiger partial charge in [-0.1, -0.05) is 23.4 Å². The van der Waals surface area contributed by atoms with Crippen molar-refractivity contribution in [3.8, 4) is 17.1 Å². The maximum atomic E-state index is 13.1. The number of hydrogen-bond donors (Lipinski definition) is 0. The van der Waals surface area contributed by atoms with Gasteiger partial charge in [0, 0.05) is 38.1 Å². The van der Waals surface area contributed by atoms with Gasteiger partial charge in [-0.05, 0) is 30.3 Å². The molecule has 0 N–H and O–H groups in total. The van der Waals surface area contributed by atoms with E-state index in [4.69, 9.17) is 14.0 Å². The van der Waals surface area contributed by atoms with Gasteiger partial charge in [0.1, 0.15) is 18.5 Å². The van der Waals surface area contributed by atoms with Crippen molar-refractivity contribution in [2.45, 2.75) is 19.1 Å². The first kappa shape index (κ1) is 20.2. The Bertz CT molecular complexity index is 1250. The van der Waals surface area contributed by atoms with Crippen LogP contribution in [0, 0.1) is 0 Å². The van der Waals surface area contributed by atoms with E-state index in [9.17, 15) is 4.79 Å². The Morgan fingerprint density at radius 1 is 1.19 bits per heavy atom. The van der Waals surface area contributed by atoms with E-state index in [2.05, 4.69) is 15.2 Å². The van der Waals surface area contributed by atoms with Crippen molar-refractivity contribution in [1.82, 2.24) is 24.8 Å². The van der Waals surface area contributed by atoms with Crippen LogP contribution in [0.2, 0.25) is 0 Å². The number of rotatable bonds is 6. The van der Waals surface area contributed by atoms with Gasteiger partial charge in [-0.3, -0.25) is 9.48 Å². The molecule has 1 amide bonds. The smallest absolute Gasteiger partial charge is 0.275 e. The van der Waals surface area contributed by atoms with Gasteiger partial charge in [0.2, 0.25) is 5.82 Å². The maximum absolute atomic E-state index is 13.1. The van der Waals surface area contributed by atoms with E-state index >= 15 is 0 Å². The van der Waals surface area contributed by atoms with Gasteiger partial charge in [-0.15, -0.1) is 0 Å². The molecule has 1 saturated heterocycles. The predicted octanol–water partition coefficient (Wildman–Crippen LogP) is 3.06. The fraction of sp³-hybridized carbons (Fsp3) is 0.304. The topological polar surface area (TPSA) is 95.5 Å². The molecule has 9 nitrogen and oxygen atoms in total. The quantitative estimate of drug-likeness (QED) is 0.461. The van der Waals surface area contributed by atoms with E-state index < -0.39 is 0 Å². The molecule has 0 spiro atoms. The summed E-state index contributed by atoms with van der Waals surface area (Å²) in [7, 11) is 3.43. The first-order valence-electron chi connectivity index (χ1n) is 10.4. The Kier molecular flexibility index (Phi) is 5.32. The van der Waals surface area contributed by atoms with Crippen LogP contribution >= 0.6 is 0 Å². The maximum Gasteiger partial charge on any atom is 0.275 e. The number of carbonyl (C=O) groups is 1. The fourth-order valence-corrected chi connectivity index (χ4v) is 3.96. The van der Waals surface area contributed by atoms with E-state index in [1.807, 2.05) is 60.5 Å². The van der Waals surface area contributed by atoms with Crippen molar-refractivity contribution in [2.75, 3.05) is 20.2 Å². The number of amides is 1. The lowest BCUT2D eigenvalue weighted by Crippen LogP contribution is -2.31. The average molecular weight is 433 g/mol. The monoisotopic (exact) mass is 433 g/mol. The second-order valence-electron chi connectivity index (χ2n) is 7.74. The van der Waals surface area contributed by atoms with E-state index in [-0.39, 0.29) is 18.6 Å². The largest absolute Gasteiger partial charge is 0.489 e. The number of para-hydroxylation sites is 1. The second-order valence-corrected chi connectivity index (χ2v) is 7.74. The first-order valence-corrected chi connectivity index (χ1v) is 10.4. The van der Waals surface area contributed by atoms with Crippen molar-refractivity contribution in [3.05, 3.63) is 60.1 Å². The van der Waals surface area contributed by atoms with Gasteiger partial charge in [0.25, 0.3) is 11.8 Å². The summed E-state index contributed by atoms with van der Waals surface area (Å²) in [4.78, 5) is 19.2. The third kappa shape index (κ3) is 3.82. The van der Waals surface area contributed by atoms with Crippen LogP contribution in [0.1, 0.15) is 22.8 Å². The summed E-state index contributed by atoms with van der Waals surface area (Å²) in [6.45, 7) is 1.44. The predicted molar refractivity (Wildman–Crippen MR) is 116 cm³/mol. The average Bonchev–Trinajstić information content (AvgIpc) is 3.54. The fourth-order valence-electron chi connectivity index (χ4n) is 3.96. The molecule has 1 aliphatic heterocycles. The lowest BCUT2D eigenvalue weighted by molar-refractivity contribution is 0.0767. The van der Waals surface area contributed by atoms with Gasteiger partial charge in [0.05, 0.1) is 12.1 Å². The van der Waals surface area contributed by atoms with Gasteiger partial charge in [-0.2, -0.15) is 10.1 Å². The lowest BCUT2D eigenvalue weighted by Gasteiger charge is -2.16. The zero-order valence-corrected chi connectivity index (χ0v) is 17.9. The number of methoxy groups -OCH3 is 1. The molecule has 3 heterocycles. The number of fused-ring (bicyclic) bond motifs is 1. The molecule has 0 unspecified atom stereocenters. The molecular formula is C23H23N5O4. The Balaban J connectivity index is 1.23. The summed E-state index contributed by atoms with van der Waals surface area (Å²) >= 11 is 0.